The number of carbonyl (C=O) groups excluding carboxylic acids is 1. The van der Waals surface area contributed by atoms with Gasteiger partial charge in [-0.05, 0) is 51.5 Å². The standard InChI is InChI=1S/C28H48N2O5/c1-5-6-7-8-9-10-11-12-13-14-15-16-21-35-24-19-17-23(18-20-24)29-26(32)25(22-31)30(27(33)34)28(2,3)4/h17-20,25,31H,5-16,21-22H2,1-4H3,(H,29,32)(H,33,34). The Morgan fingerprint density at radius 2 is 1.37 bits per heavy atom. The number of rotatable bonds is 18. The number of nitrogens with zero attached hydrogens (tertiary/aromatic N) is 1. The molecular formula is C28H48N2O5. The molecule has 0 radical (unpaired) electrons. The van der Waals surface area contributed by atoms with Crippen molar-refractivity contribution in [2.75, 3.05) is 18.5 Å². The van der Waals surface area contributed by atoms with Gasteiger partial charge < -0.3 is 20.3 Å². The van der Waals surface area contributed by atoms with Gasteiger partial charge in [0.25, 0.3) is 0 Å². The lowest BCUT2D eigenvalue weighted by Crippen LogP contribution is -2.57. The number of hydrogen-bond acceptors (Lipinski definition) is 4. The topological polar surface area (TPSA) is 99.1 Å². The van der Waals surface area contributed by atoms with Crippen LogP contribution in [0, 0.1) is 0 Å². The summed E-state index contributed by atoms with van der Waals surface area (Å²) in [7, 11) is 0. The maximum atomic E-state index is 12.6. The largest absolute Gasteiger partial charge is 0.494 e. The van der Waals surface area contributed by atoms with Crippen LogP contribution in [0.25, 0.3) is 0 Å². The second kappa shape index (κ2) is 17.2. The minimum absolute atomic E-state index is 0.519. The normalized spacial score (nSPS) is 12.3. The maximum absolute atomic E-state index is 12.6. The summed E-state index contributed by atoms with van der Waals surface area (Å²) >= 11 is 0. The summed E-state index contributed by atoms with van der Waals surface area (Å²) in [6.07, 6.45) is 14.4. The van der Waals surface area contributed by atoms with E-state index in [1.807, 2.05) is 0 Å². The summed E-state index contributed by atoms with van der Waals surface area (Å²) in [5, 5.41) is 21.8. The van der Waals surface area contributed by atoms with Crippen LogP contribution in [-0.4, -0.2) is 51.9 Å². The molecule has 1 aromatic carbocycles. The number of aliphatic hydroxyl groups excluding tert-OH is 1. The smallest absolute Gasteiger partial charge is 0.408 e. The number of unbranched alkanes of at least 4 members (excludes halogenated alkanes) is 11. The number of benzene rings is 1. The summed E-state index contributed by atoms with van der Waals surface area (Å²) in [5.74, 6) is 0.154. The van der Waals surface area contributed by atoms with Gasteiger partial charge in [-0.2, -0.15) is 0 Å². The van der Waals surface area contributed by atoms with Gasteiger partial charge in [-0.1, -0.05) is 77.6 Å². The van der Waals surface area contributed by atoms with Crippen molar-refractivity contribution in [3.05, 3.63) is 24.3 Å². The van der Waals surface area contributed by atoms with Crippen molar-refractivity contribution < 1.29 is 24.5 Å². The number of carboxylic acid groups (broad SMARTS) is 1. The van der Waals surface area contributed by atoms with Crippen molar-refractivity contribution in [1.29, 1.82) is 0 Å². The van der Waals surface area contributed by atoms with Crippen LogP contribution >= 0.6 is 0 Å². The van der Waals surface area contributed by atoms with Gasteiger partial charge in [-0.25, -0.2) is 4.79 Å². The third-order valence-electron chi connectivity index (χ3n) is 6.10. The van der Waals surface area contributed by atoms with E-state index in [0.29, 0.717) is 12.3 Å². The Hall–Kier alpha value is -2.28. The molecule has 0 heterocycles. The van der Waals surface area contributed by atoms with Gasteiger partial charge in [-0.15, -0.1) is 0 Å². The van der Waals surface area contributed by atoms with Crippen LogP contribution in [0.5, 0.6) is 5.75 Å². The average molecular weight is 493 g/mol. The molecule has 2 amide bonds. The maximum Gasteiger partial charge on any atom is 0.408 e. The SMILES string of the molecule is CCCCCCCCCCCCCCOc1ccc(NC(=O)C(CO)N(C(=O)O)C(C)(C)C)cc1. The molecule has 7 heteroatoms. The zero-order valence-electron chi connectivity index (χ0n) is 22.4. The number of ether oxygens (including phenoxy) is 1. The van der Waals surface area contributed by atoms with Crippen LogP contribution in [0.1, 0.15) is 105 Å². The van der Waals surface area contributed by atoms with E-state index in [1.54, 1.807) is 45.0 Å². The molecule has 0 aliphatic heterocycles. The summed E-state index contributed by atoms with van der Waals surface area (Å²) < 4.78 is 5.80. The van der Waals surface area contributed by atoms with E-state index >= 15 is 0 Å². The first-order valence-corrected chi connectivity index (χ1v) is 13.4. The van der Waals surface area contributed by atoms with E-state index in [9.17, 15) is 19.8 Å². The molecule has 1 atom stereocenters. The van der Waals surface area contributed by atoms with Gasteiger partial charge in [0, 0.05) is 11.2 Å². The highest BCUT2D eigenvalue weighted by atomic mass is 16.5. The minimum atomic E-state index is -1.26. The second-order valence-corrected chi connectivity index (χ2v) is 10.3. The Morgan fingerprint density at radius 1 is 0.886 bits per heavy atom. The number of anilines is 1. The first-order valence-electron chi connectivity index (χ1n) is 13.4. The molecule has 1 aromatic rings. The molecule has 0 fully saturated rings. The third-order valence-corrected chi connectivity index (χ3v) is 6.10. The zero-order chi connectivity index (χ0) is 26.1. The van der Waals surface area contributed by atoms with E-state index in [4.69, 9.17) is 4.74 Å². The molecule has 0 aliphatic rings. The lowest BCUT2D eigenvalue weighted by atomic mass is 10.0. The first kappa shape index (κ1) is 30.8. The Labute approximate surface area is 212 Å². The van der Waals surface area contributed by atoms with Crippen molar-refractivity contribution in [2.45, 2.75) is 116 Å². The van der Waals surface area contributed by atoms with Gasteiger partial charge in [0.1, 0.15) is 11.8 Å². The van der Waals surface area contributed by atoms with Crippen molar-refractivity contribution in [2.24, 2.45) is 0 Å². The summed E-state index contributed by atoms with van der Waals surface area (Å²) in [5.41, 5.74) is -0.312. The van der Waals surface area contributed by atoms with E-state index in [1.165, 1.54) is 70.6 Å². The zero-order valence-corrected chi connectivity index (χ0v) is 22.4. The summed E-state index contributed by atoms with van der Waals surface area (Å²) in [4.78, 5) is 25.2. The number of aliphatic hydroxyl groups is 1. The number of amides is 2. The fraction of sp³-hybridized carbons (Fsp3) is 0.714. The average Bonchev–Trinajstić information content (AvgIpc) is 2.80. The molecule has 1 unspecified atom stereocenters. The molecule has 0 spiro atoms. The van der Waals surface area contributed by atoms with E-state index in [2.05, 4.69) is 12.2 Å². The summed E-state index contributed by atoms with van der Waals surface area (Å²) in [6, 6.07) is 5.79. The van der Waals surface area contributed by atoms with Gasteiger partial charge in [0.2, 0.25) is 5.91 Å². The highest BCUT2D eigenvalue weighted by Crippen LogP contribution is 2.21. The van der Waals surface area contributed by atoms with Crippen LogP contribution in [0.2, 0.25) is 0 Å². The van der Waals surface area contributed by atoms with Gasteiger partial charge in [0.05, 0.1) is 13.2 Å². The molecule has 0 aliphatic carbocycles. The molecule has 0 saturated heterocycles. The number of carbonyl (C=O) groups is 2. The molecule has 1 rings (SSSR count). The van der Waals surface area contributed by atoms with Crippen LogP contribution in [-0.2, 0) is 4.79 Å². The molecule has 35 heavy (non-hydrogen) atoms. The van der Waals surface area contributed by atoms with Crippen molar-refractivity contribution in [3.8, 4) is 5.75 Å². The molecule has 0 bridgehead atoms. The highest BCUT2D eigenvalue weighted by Gasteiger charge is 2.37. The molecular weight excluding hydrogens is 444 g/mol. The molecule has 3 N–H and O–H groups in total. The van der Waals surface area contributed by atoms with Crippen LogP contribution in [0.15, 0.2) is 24.3 Å². The van der Waals surface area contributed by atoms with Crippen LogP contribution in [0.3, 0.4) is 0 Å². The minimum Gasteiger partial charge on any atom is -0.494 e. The monoisotopic (exact) mass is 492 g/mol. The van der Waals surface area contributed by atoms with Crippen molar-refractivity contribution in [3.63, 3.8) is 0 Å². The summed E-state index contributed by atoms with van der Waals surface area (Å²) in [6.45, 7) is 7.36. The third kappa shape index (κ3) is 12.8. The Balaban J connectivity index is 2.27. The van der Waals surface area contributed by atoms with Crippen molar-refractivity contribution >= 4 is 17.7 Å². The lowest BCUT2D eigenvalue weighted by Gasteiger charge is -2.37. The van der Waals surface area contributed by atoms with E-state index in [-0.39, 0.29) is 0 Å². The number of nitrogens with one attached hydrogen (secondary N) is 1. The quantitative estimate of drug-likeness (QED) is 0.195. The van der Waals surface area contributed by atoms with E-state index in [0.717, 1.165) is 17.1 Å². The highest BCUT2D eigenvalue weighted by molar-refractivity contribution is 5.96. The Bertz CT molecular complexity index is 715. The van der Waals surface area contributed by atoms with Gasteiger partial charge in [0.15, 0.2) is 0 Å². The predicted molar refractivity (Wildman–Crippen MR) is 142 cm³/mol. The van der Waals surface area contributed by atoms with E-state index < -0.39 is 30.2 Å². The van der Waals surface area contributed by atoms with Crippen LogP contribution in [0.4, 0.5) is 10.5 Å². The van der Waals surface area contributed by atoms with Gasteiger partial charge >= 0.3 is 6.09 Å². The second-order valence-electron chi connectivity index (χ2n) is 10.3. The Kier molecular flexibility index (Phi) is 15.1. The Morgan fingerprint density at radius 3 is 1.80 bits per heavy atom. The van der Waals surface area contributed by atoms with Crippen LogP contribution < -0.4 is 10.1 Å². The number of hydrogen-bond donors (Lipinski definition) is 3. The fourth-order valence-electron chi connectivity index (χ4n) is 4.16. The first-order chi connectivity index (χ1) is 16.7. The van der Waals surface area contributed by atoms with Crippen molar-refractivity contribution in [1.82, 2.24) is 4.90 Å². The molecule has 0 aromatic heterocycles. The van der Waals surface area contributed by atoms with Gasteiger partial charge in [-0.3, -0.25) is 9.69 Å². The fourth-order valence-corrected chi connectivity index (χ4v) is 4.16. The lowest BCUT2D eigenvalue weighted by molar-refractivity contribution is -0.124. The molecule has 7 nitrogen and oxygen atoms in total. The predicted octanol–water partition coefficient (Wildman–Crippen LogP) is 6.84. The molecule has 0 saturated carbocycles. The molecule has 200 valence electrons.